The third kappa shape index (κ3) is 7.86. The van der Waals surface area contributed by atoms with E-state index in [9.17, 15) is 9.59 Å². The Morgan fingerprint density at radius 3 is 2.41 bits per heavy atom. The van der Waals surface area contributed by atoms with Gasteiger partial charge in [-0.05, 0) is 43.5 Å². The van der Waals surface area contributed by atoms with Gasteiger partial charge >= 0.3 is 0 Å². The Labute approximate surface area is 186 Å². The molecule has 0 aliphatic rings. The van der Waals surface area contributed by atoms with Crippen molar-refractivity contribution in [1.29, 1.82) is 0 Å². The fourth-order valence-corrected chi connectivity index (χ4v) is 4.11. The summed E-state index contributed by atoms with van der Waals surface area (Å²) in [5.41, 5.74) is 2.18. The van der Waals surface area contributed by atoms with Crippen molar-refractivity contribution in [2.45, 2.75) is 51.6 Å². The summed E-state index contributed by atoms with van der Waals surface area (Å²) in [5, 5.41) is 2.99. The highest BCUT2D eigenvalue weighted by Gasteiger charge is 2.26. The van der Waals surface area contributed by atoms with Gasteiger partial charge in [0.15, 0.2) is 0 Å². The van der Waals surface area contributed by atoms with Crippen LogP contribution in [0, 0.1) is 0 Å². The number of carbonyl (C=O) groups excluding carboxylic acids is 2. The number of thioether (sulfide) groups is 1. The molecular formula is C23H29BrN2O2S. The van der Waals surface area contributed by atoms with Crippen molar-refractivity contribution in [3.63, 3.8) is 0 Å². The lowest BCUT2D eigenvalue weighted by Crippen LogP contribution is -2.50. The fraction of sp³-hybridized carbons (Fsp3) is 0.391. The van der Waals surface area contributed by atoms with Crippen LogP contribution in [0.5, 0.6) is 0 Å². The van der Waals surface area contributed by atoms with E-state index in [0.717, 1.165) is 22.2 Å². The minimum atomic E-state index is -0.534. The molecule has 6 heteroatoms. The quantitative estimate of drug-likeness (QED) is 0.523. The summed E-state index contributed by atoms with van der Waals surface area (Å²) in [6.45, 7) is 6.20. The second kappa shape index (κ2) is 12.0. The molecule has 4 nitrogen and oxygen atoms in total. The van der Waals surface area contributed by atoms with Gasteiger partial charge in [-0.1, -0.05) is 65.3 Å². The van der Waals surface area contributed by atoms with Crippen LogP contribution < -0.4 is 5.32 Å². The van der Waals surface area contributed by atoms with Crippen molar-refractivity contribution in [3.8, 4) is 0 Å². The second-order valence-corrected chi connectivity index (χ2v) is 9.03. The van der Waals surface area contributed by atoms with E-state index in [1.807, 2.05) is 56.3 Å². The molecule has 2 rings (SSSR count). The number of amides is 2. The van der Waals surface area contributed by atoms with Crippen LogP contribution in [-0.2, 0) is 21.9 Å². The van der Waals surface area contributed by atoms with Crippen LogP contribution >= 0.6 is 27.7 Å². The van der Waals surface area contributed by atoms with E-state index in [0.29, 0.717) is 12.3 Å². The largest absolute Gasteiger partial charge is 0.352 e. The van der Waals surface area contributed by atoms with Gasteiger partial charge in [-0.3, -0.25) is 9.59 Å². The highest BCUT2D eigenvalue weighted by molar-refractivity contribution is 9.10. The topological polar surface area (TPSA) is 49.4 Å². The predicted octanol–water partition coefficient (Wildman–Crippen LogP) is 5.01. The van der Waals surface area contributed by atoms with E-state index in [1.165, 1.54) is 5.56 Å². The summed E-state index contributed by atoms with van der Waals surface area (Å²) in [6, 6.07) is 17.5. The van der Waals surface area contributed by atoms with Gasteiger partial charge in [-0.15, -0.1) is 11.8 Å². The van der Waals surface area contributed by atoms with Crippen LogP contribution in [0.3, 0.4) is 0 Å². The lowest BCUT2D eigenvalue weighted by Gasteiger charge is -2.29. The van der Waals surface area contributed by atoms with E-state index < -0.39 is 6.04 Å². The first-order valence-electron chi connectivity index (χ1n) is 9.86. The molecule has 0 saturated carbocycles. The molecule has 0 saturated heterocycles. The summed E-state index contributed by atoms with van der Waals surface area (Å²) in [4.78, 5) is 27.4. The predicted molar refractivity (Wildman–Crippen MR) is 125 cm³/mol. The first kappa shape index (κ1) is 23.5. The van der Waals surface area contributed by atoms with Crippen LogP contribution in [0.25, 0.3) is 0 Å². The van der Waals surface area contributed by atoms with Crippen LogP contribution in [0.2, 0.25) is 0 Å². The molecule has 0 heterocycles. The van der Waals surface area contributed by atoms with Gasteiger partial charge in [-0.25, -0.2) is 0 Å². The minimum absolute atomic E-state index is 0.0299. The molecule has 0 unspecified atom stereocenters. The lowest BCUT2D eigenvalue weighted by atomic mass is 10.1. The average molecular weight is 477 g/mol. The number of rotatable bonds is 10. The second-order valence-electron chi connectivity index (χ2n) is 7.12. The molecule has 0 aromatic heterocycles. The summed E-state index contributed by atoms with van der Waals surface area (Å²) in [5.74, 6) is 0.961. The Balaban J connectivity index is 2.07. The summed E-state index contributed by atoms with van der Waals surface area (Å²) in [6.07, 6.45) is 0.852. The van der Waals surface area contributed by atoms with Gasteiger partial charge in [0.1, 0.15) is 6.04 Å². The summed E-state index contributed by atoms with van der Waals surface area (Å²) in [7, 11) is 0. The van der Waals surface area contributed by atoms with E-state index in [4.69, 9.17) is 0 Å². The number of benzene rings is 2. The number of carbonyl (C=O) groups is 2. The molecule has 2 aromatic carbocycles. The molecular weight excluding hydrogens is 448 g/mol. The van der Waals surface area contributed by atoms with Crippen LogP contribution in [0.1, 0.15) is 38.3 Å². The van der Waals surface area contributed by atoms with Crippen LogP contribution in [-0.4, -0.2) is 34.6 Å². The fourth-order valence-electron chi connectivity index (χ4n) is 2.79. The Morgan fingerprint density at radius 2 is 1.76 bits per heavy atom. The van der Waals surface area contributed by atoms with E-state index in [2.05, 4.69) is 33.4 Å². The average Bonchev–Trinajstić information content (AvgIpc) is 2.72. The van der Waals surface area contributed by atoms with E-state index >= 15 is 0 Å². The lowest BCUT2D eigenvalue weighted by molar-refractivity contribution is -0.138. The maximum Gasteiger partial charge on any atom is 0.242 e. The smallest absolute Gasteiger partial charge is 0.242 e. The number of hydrogen-bond donors (Lipinski definition) is 1. The van der Waals surface area contributed by atoms with Gasteiger partial charge in [-0.2, -0.15) is 0 Å². The Hall–Kier alpha value is -1.79. The zero-order valence-corrected chi connectivity index (χ0v) is 19.6. The zero-order valence-electron chi connectivity index (χ0n) is 17.2. The van der Waals surface area contributed by atoms with Gasteiger partial charge in [0.2, 0.25) is 11.8 Å². The number of nitrogens with one attached hydrogen (secondary N) is 1. The summed E-state index contributed by atoms with van der Waals surface area (Å²) < 4.78 is 0.956. The van der Waals surface area contributed by atoms with Crippen molar-refractivity contribution < 1.29 is 9.59 Å². The Morgan fingerprint density at radius 1 is 1.07 bits per heavy atom. The summed E-state index contributed by atoms with van der Waals surface area (Å²) >= 11 is 5.05. The third-order valence-corrected chi connectivity index (χ3v) is 6.23. The van der Waals surface area contributed by atoms with Gasteiger partial charge in [0.05, 0.1) is 5.75 Å². The monoisotopic (exact) mass is 476 g/mol. The molecule has 0 aliphatic heterocycles. The molecule has 1 N–H and O–H groups in total. The molecule has 0 bridgehead atoms. The van der Waals surface area contributed by atoms with Crippen molar-refractivity contribution in [1.82, 2.24) is 10.2 Å². The van der Waals surface area contributed by atoms with Crippen LogP contribution in [0.4, 0.5) is 0 Å². The normalized spacial score (nSPS) is 12.8. The van der Waals surface area contributed by atoms with Gasteiger partial charge in [0, 0.05) is 22.8 Å². The molecule has 2 atom stereocenters. The SMILES string of the molecule is CC[C@@H](C)NC(=O)[C@H](C)N(Cc1cccc(Br)c1)C(=O)CSCc1ccccc1. The molecule has 0 spiro atoms. The first-order chi connectivity index (χ1) is 13.9. The zero-order chi connectivity index (χ0) is 21.2. The van der Waals surface area contributed by atoms with Gasteiger partial charge < -0.3 is 10.2 Å². The molecule has 0 radical (unpaired) electrons. The molecule has 156 valence electrons. The van der Waals surface area contributed by atoms with Crippen molar-refractivity contribution in [2.75, 3.05) is 5.75 Å². The molecule has 2 amide bonds. The Kier molecular flexibility index (Phi) is 9.74. The van der Waals surface area contributed by atoms with Crippen LogP contribution in [0.15, 0.2) is 59.1 Å². The number of nitrogens with zero attached hydrogens (tertiary/aromatic N) is 1. The maximum absolute atomic E-state index is 13.0. The van der Waals surface area contributed by atoms with Crippen molar-refractivity contribution >= 4 is 39.5 Å². The minimum Gasteiger partial charge on any atom is -0.352 e. The van der Waals surface area contributed by atoms with Gasteiger partial charge in [0.25, 0.3) is 0 Å². The molecule has 2 aromatic rings. The molecule has 29 heavy (non-hydrogen) atoms. The first-order valence-corrected chi connectivity index (χ1v) is 11.8. The molecule has 0 fully saturated rings. The number of halogens is 1. The molecule has 0 aliphatic carbocycles. The van der Waals surface area contributed by atoms with E-state index in [1.54, 1.807) is 23.6 Å². The van der Waals surface area contributed by atoms with Crippen molar-refractivity contribution in [3.05, 3.63) is 70.2 Å². The Bertz CT molecular complexity index is 800. The third-order valence-electron chi connectivity index (χ3n) is 4.75. The highest BCUT2D eigenvalue weighted by Crippen LogP contribution is 2.18. The maximum atomic E-state index is 13.0. The number of hydrogen-bond acceptors (Lipinski definition) is 3. The van der Waals surface area contributed by atoms with E-state index in [-0.39, 0.29) is 17.9 Å². The highest BCUT2D eigenvalue weighted by atomic mass is 79.9. The van der Waals surface area contributed by atoms with Crippen molar-refractivity contribution in [2.24, 2.45) is 0 Å². The standard InChI is InChI=1S/C23H29BrN2O2S/c1-4-17(2)25-23(28)18(3)26(14-20-11-8-12-21(24)13-20)22(27)16-29-15-19-9-6-5-7-10-19/h5-13,17-18H,4,14-16H2,1-3H3,(H,25,28)/t17-,18+/m1/s1.